The van der Waals surface area contributed by atoms with Crippen molar-refractivity contribution in [2.45, 2.75) is 37.8 Å². The molecule has 40 heavy (non-hydrogen) atoms. The van der Waals surface area contributed by atoms with Crippen LogP contribution in [0.25, 0.3) is 10.2 Å². The van der Waals surface area contributed by atoms with Gasteiger partial charge in [0.1, 0.15) is 0 Å². The molecule has 0 atom stereocenters. The molecule has 7 nitrogen and oxygen atoms in total. The molecule has 0 fully saturated rings. The molecular weight excluding hydrogens is 541 g/mol. The Morgan fingerprint density at radius 3 is 2.27 bits per heavy atom. The summed E-state index contributed by atoms with van der Waals surface area (Å²) in [4.78, 5) is 24.8. The Labute approximate surface area is 238 Å². The topological polar surface area (TPSA) is 83.5 Å². The second-order valence-corrected chi connectivity index (χ2v) is 12.9. The summed E-state index contributed by atoms with van der Waals surface area (Å²) in [5.41, 5.74) is 4.15. The maximum Gasteiger partial charge on any atom is 0.260 e. The lowest BCUT2D eigenvalue weighted by Crippen LogP contribution is -2.30. The summed E-state index contributed by atoms with van der Waals surface area (Å²) in [7, 11) is -2.19. The van der Waals surface area contributed by atoms with Gasteiger partial charge in [-0.3, -0.25) is 14.7 Å². The fourth-order valence-electron chi connectivity index (χ4n) is 4.47. The summed E-state index contributed by atoms with van der Waals surface area (Å²) in [5, 5.41) is 0.580. The van der Waals surface area contributed by atoms with Crippen molar-refractivity contribution in [2.24, 2.45) is 0 Å². The number of hydrogen-bond donors (Lipinski definition) is 0. The van der Waals surface area contributed by atoms with Gasteiger partial charge in [-0.1, -0.05) is 73.7 Å². The lowest BCUT2D eigenvalue weighted by molar-refractivity contribution is 0.0985. The molecule has 9 heteroatoms. The van der Waals surface area contributed by atoms with Gasteiger partial charge in [-0.25, -0.2) is 13.4 Å². The smallest absolute Gasteiger partial charge is 0.260 e. The van der Waals surface area contributed by atoms with Crippen LogP contribution in [0.15, 0.2) is 102 Å². The lowest BCUT2D eigenvalue weighted by atomic mass is 10.0. The number of fused-ring (bicyclic) bond motifs is 1. The van der Waals surface area contributed by atoms with Gasteiger partial charge in [0.05, 0.1) is 21.7 Å². The van der Waals surface area contributed by atoms with E-state index in [0.717, 1.165) is 26.9 Å². The Bertz CT molecular complexity index is 1720. The van der Waals surface area contributed by atoms with Crippen molar-refractivity contribution < 1.29 is 13.2 Å². The van der Waals surface area contributed by atoms with Gasteiger partial charge in [-0.05, 0) is 59.0 Å². The third-order valence-corrected chi connectivity index (χ3v) is 9.52. The predicted octanol–water partition coefficient (Wildman–Crippen LogP) is 6.48. The van der Waals surface area contributed by atoms with Gasteiger partial charge in [-0.15, -0.1) is 0 Å². The Morgan fingerprint density at radius 1 is 0.875 bits per heavy atom. The second kappa shape index (κ2) is 11.7. The van der Waals surface area contributed by atoms with E-state index in [1.807, 2.05) is 54.6 Å². The number of thiazole rings is 1. The van der Waals surface area contributed by atoms with E-state index in [1.54, 1.807) is 36.5 Å². The third kappa shape index (κ3) is 5.82. The molecule has 204 valence electrons. The molecule has 2 heterocycles. The fourth-order valence-corrected chi connectivity index (χ4v) is 6.63. The number of anilines is 1. The molecule has 5 rings (SSSR count). The highest BCUT2D eigenvalue weighted by atomic mass is 32.2. The Hall–Kier alpha value is -3.92. The summed E-state index contributed by atoms with van der Waals surface area (Å²) in [6, 6.07) is 25.4. The highest BCUT2D eigenvalue weighted by Crippen LogP contribution is 2.35. The molecule has 0 aliphatic rings. The average Bonchev–Trinajstić information content (AvgIpc) is 3.41. The lowest BCUT2D eigenvalue weighted by Gasteiger charge is -2.21. The minimum atomic E-state index is -3.74. The summed E-state index contributed by atoms with van der Waals surface area (Å²) in [6.07, 6.45) is 3.42. The molecule has 0 aliphatic carbocycles. The molecule has 0 spiro atoms. The van der Waals surface area contributed by atoms with Gasteiger partial charge in [0.15, 0.2) is 5.13 Å². The van der Waals surface area contributed by atoms with E-state index in [4.69, 9.17) is 4.98 Å². The number of para-hydroxylation sites is 1. The van der Waals surface area contributed by atoms with Crippen LogP contribution in [0.3, 0.4) is 0 Å². The van der Waals surface area contributed by atoms with Crippen molar-refractivity contribution in [3.05, 3.63) is 120 Å². The van der Waals surface area contributed by atoms with Crippen LogP contribution in [0.2, 0.25) is 0 Å². The maximum atomic E-state index is 13.9. The van der Waals surface area contributed by atoms with E-state index in [1.165, 1.54) is 27.8 Å². The van der Waals surface area contributed by atoms with Crippen molar-refractivity contribution in [3.63, 3.8) is 0 Å². The molecule has 0 unspecified atom stereocenters. The van der Waals surface area contributed by atoms with Crippen LogP contribution < -0.4 is 4.90 Å². The number of benzene rings is 3. The van der Waals surface area contributed by atoms with E-state index in [0.29, 0.717) is 10.7 Å². The number of carbonyl (C=O) groups excluding carboxylic acids is 1. The number of pyridine rings is 1. The number of hydrogen-bond acceptors (Lipinski definition) is 6. The molecule has 0 saturated carbocycles. The van der Waals surface area contributed by atoms with Crippen LogP contribution >= 0.6 is 11.3 Å². The monoisotopic (exact) mass is 570 g/mol. The molecule has 0 saturated heterocycles. The first-order valence-electron chi connectivity index (χ1n) is 12.9. The van der Waals surface area contributed by atoms with Gasteiger partial charge in [0.2, 0.25) is 10.0 Å². The number of nitrogens with zero attached hydrogens (tertiary/aromatic N) is 4. The average molecular weight is 571 g/mol. The highest BCUT2D eigenvalue weighted by molar-refractivity contribution is 7.89. The number of sulfonamides is 1. The minimum Gasteiger partial charge on any atom is -0.279 e. The van der Waals surface area contributed by atoms with Gasteiger partial charge >= 0.3 is 0 Å². The minimum absolute atomic E-state index is 0.128. The summed E-state index contributed by atoms with van der Waals surface area (Å²) >= 11 is 1.46. The summed E-state index contributed by atoms with van der Waals surface area (Å²) in [5.74, 6) is 0.0197. The summed E-state index contributed by atoms with van der Waals surface area (Å²) < 4.78 is 28.7. The van der Waals surface area contributed by atoms with Crippen molar-refractivity contribution >= 4 is 42.6 Å². The van der Waals surface area contributed by atoms with Crippen LogP contribution in [0.5, 0.6) is 0 Å². The zero-order valence-electron chi connectivity index (χ0n) is 22.6. The SMILES string of the molecule is CC(C)c1cccc2sc(N(Cc3cccnc3)C(=O)c3ccc(S(=O)(=O)N(C)Cc4ccccc4)cc3)nc12. The second-order valence-electron chi connectivity index (χ2n) is 9.87. The Morgan fingerprint density at radius 2 is 1.60 bits per heavy atom. The fraction of sp³-hybridized carbons (Fsp3) is 0.194. The zero-order valence-corrected chi connectivity index (χ0v) is 24.2. The van der Waals surface area contributed by atoms with Crippen molar-refractivity contribution in [2.75, 3.05) is 11.9 Å². The molecule has 1 amide bonds. The van der Waals surface area contributed by atoms with E-state index in [9.17, 15) is 13.2 Å². The normalized spacial score (nSPS) is 11.8. The van der Waals surface area contributed by atoms with Crippen LogP contribution in [0.4, 0.5) is 5.13 Å². The first kappa shape index (κ1) is 27.6. The molecule has 2 aromatic heterocycles. The molecular formula is C31H30N4O3S2. The Balaban J connectivity index is 1.46. The quantitative estimate of drug-likeness (QED) is 0.203. The van der Waals surface area contributed by atoms with Crippen LogP contribution in [0, 0.1) is 0 Å². The van der Waals surface area contributed by atoms with Crippen LogP contribution in [-0.4, -0.2) is 35.6 Å². The van der Waals surface area contributed by atoms with E-state index in [-0.39, 0.29) is 29.8 Å². The first-order chi connectivity index (χ1) is 19.2. The first-order valence-corrected chi connectivity index (χ1v) is 15.2. The van der Waals surface area contributed by atoms with E-state index in [2.05, 4.69) is 24.9 Å². The number of amides is 1. The highest BCUT2D eigenvalue weighted by Gasteiger charge is 2.25. The maximum absolute atomic E-state index is 13.9. The van der Waals surface area contributed by atoms with Gasteiger partial charge in [0, 0.05) is 31.5 Å². The van der Waals surface area contributed by atoms with Gasteiger partial charge in [-0.2, -0.15) is 4.31 Å². The van der Waals surface area contributed by atoms with Crippen LogP contribution in [0.1, 0.15) is 46.8 Å². The molecule has 0 radical (unpaired) electrons. The number of aromatic nitrogens is 2. The van der Waals surface area contributed by atoms with Gasteiger partial charge in [0.25, 0.3) is 5.91 Å². The van der Waals surface area contributed by atoms with Crippen molar-refractivity contribution in [1.29, 1.82) is 0 Å². The molecule has 5 aromatic rings. The van der Waals surface area contributed by atoms with E-state index < -0.39 is 10.0 Å². The molecule has 0 bridgehead atoms. The predicted molar refractivity (Wildman–Crippen MR) is 160 cm³/mol. The largest absolute Gasteiger partial charge is 0.279 e. The van der Waals surface area contributed by atoms with Crippen LogP contribution in [-0.2, 0) is 23.1 Å². The van der Waals surface area contributed by atoms with Gasteiger partial charge < -0.3 is 0 Å². The van der Waals surface area contributed by atoms with E-state index >= 15 is 0 Å². The number of carbonyl (C=O) groups is 1. The molecule has 0 N–H and O–H groups in total. The zero-order chi connectivity index (χ0) is 28.3. The molecule has 3 aromatic carbocycles. The van der Waals surface area contributed by atoms with Crippen molar-refractivity contribution in [1.82, 2.24) is 14.3 Å². The number of rotatable bonds is 9. The molecule has 0 aliphatic heterocycles. The van der Waals surface area contributed by atoms with Crippen molar-refractivity contribution in [3.8, 4) is 0 Å². The Kier molecular flexibility index (Phi) is 8.07. The summed E-state index contributed by atoms with van der Waals surface area (Å²) in [6.45, 7) is 4.78. The third-order valence-electron chi connectivity index (χ3n) is 6.66. The standard InChI is InChI=1S/C31H30N4O3S2/c1-22(2)27-12-7-13-28-29(27)33-31(39-28)35(21-24-11-8-18-32-19-24)30(36)25-14-16-26(17-15-25)40(37,38)34(3)20-23-9-5-4-6-10-23/h4-19,22H,20-21H2,1-3H3.